The molecule has 0 aliphatic carbocycles. The molecule has 0 bridgehead atoms. The van der Waals surface area contributed by atoms with E-state index in [1.165, 1.54) is 19.3 Å². The highest BCUT2D eigenvalue weighted by Gasteiger charge is 2.30. The maximum atomic E-state index is 11.2. The Balaban J connectivity index is 2.38. The monoisotopic (exact) mass is 227 g/mol. The van der Waals surface area contributed by atoms with E-state index < -0.39 is 0 Å². The molecule has 1 fully saturated rings. The normalized spacial score (nSPS) is 22.8. The van der Waals surface area contributed by atoms with Crippen LogP contribution in [0.5, 0.6) is 0 Å². The van der Waals surface area contributed by atoms with E-state index >= 15 is 0 Å². The minimum atomic E-state index is -0.0728. The first-order chi connectivity index (χ1) is 7.50. The predicted molar refractivity (Wildman–Crippen MR) is 65.6 cm³/mol. The Morgan fingerprint density at radius 2 is 2.06 bits per heavy atom. The third-order valence-corrected chi connectivity index (χ3v) is 4.12. The van der Waals surface area contributed by atoms with Gasteiger partial charge in [-0.25, -0.2) is 5.84 Å². The molecule has 1 aliphatic heterocycles. The molecule has 0 aromatic carbocycles. The molecule has 1 unspecified atom stereocenters. The van der Waals surface area contributed by atoms with Crippen LogP contribution in [-0.4, -0.2) is 29.9 Å². The van der Waals surface area contributed by atoms with Crippen LogP contribution in [0.15, 0.2) is 0 Å². The summed E-state index contributed by atoms with van der Waals surface area (Å²) in [5.41, 5.74) is 2.70. The minimum absolute atomic E-state index is 0.0728. The smallest absolute Gasteiger partial charge is 0.235 e. The molecule has 0 aromatic heterocycles. The van der Waals surface area contributed by atoms with Gasteiger partial charge in [0.25, 0.3) is 0 Å². The number of rotatable bonds is 4. The molecule has 0 radical (unpaired) electrons. The second-order valence-corrected chi connectivity index (χ2v) is 5.32. The van der Waals surface area contributed by atoms with E-state index in [0.717, 1.165) is 13.1 Å². The number of nitrogens with zero attached hydrogens (tertiary/aromatic N) is 1. The van der Waals surface area contributed by atoms with Gasteiger partial charge in [-0.2, -0.15) is 0 Å². The van der Waals surface area contributed by atoms with E-state index in [9.17, 15) is 4.79 Å². The molecule has 0 aromatic rings. The summed E-state index contributed by atoms with van der Waals surface area (Å²) in [4.78, 5) is 13.6. The highest BCUT2D eigenvalue weighted by Crippen LogP contribution is 2.34. The van der Waals surface area contributed by atoms with Gasteiger partial charge in [0.05, 0.1) is 0 Å². The first kappa shape index (κ1) is 13.5. The third-order valence-electron chi connectivity index (χ3n) is 4.12. The number of hydrogen-bond donors (Lipinski definition) is 2. The number of hydrogen-bond acceptors (Lipinski definition) is 3. The van der Waals surface area contributed by atoms with E-state index in [2.05, 4.69) is 31.1 Å². The molecule has 3 N–H and O–H groups in total. The highest BCUT2D eigenvalue weighted by molar-refractivity contribution is 5.75. The fraction of sp³-hybridized carbons (Fsp3) is 0.917. The Morgan fingerprint density at radius 3 is 2.50 bits per heavy atom. The molecule has 1 aliphatic rings. The number of amides is 1. The van der Waals surface area contributed by atoms with E-state index in [1.54, 1.807) is 0 Å². The summed E-state index contributed by atoms with van der Waals surface area (Å²) >= 11 is 0. The molecule has 1 rings (SSSR count). The van der Waals surface area contributed by atoms with Crippen molar-refractivity contribution in [3.63, 3.8) is 0 Å². The zero-order valence-corrected chi connectivity index (χ0v) is 10.8. The van der Waals surface area contributed by atoms with Gasteiger partial charge in [-0.15, -0.1) is 0 Å². The average Bonchev–Trinajstić information content (AvgIpc) is 2.29. The third kappa shape index (κ3) is 3.46. The Labute approximate surface area is 98.5 Å². The molecule has 0 spiro atoms. The van der Waals surface area contributed by atoms with E-state index in [-0.39, 0.29) is 5.91 Å². The lowest BCUT2D eigenvalue weighted by molar-refractivity contribution is -0.122. The SMILES string of the molecule is CCC1(C)CCN(C(C)CC(=O)NN)CC1. The molecular formula is C12H25N3O. The van der Waals surface area contributed by atoms with Gasteiger partial charge in [0.2, 0.25) is 5.91 Å². The van der Waals surface area contributed by atoms with Crippen LogP contribution in [0.2, 0.25) is 0 Å². The molecule has 16 heavy (non-hydrogen) atoms. The van der Waals surface area contributed by atoms with Gasteiger partial charge in [0.15, 0.2) is 0 Å². The number of likely N-dealkylation sites (tertiary alicyclic amines) is 1. The van der Waals surface area contributed by atoms with E-state index in [4.69, 9.17) is 5.84 Å². The summed E-state index contributed by atoms with van der Waals surface area (Å²) in [5, 5.41) is 0. The number of nitrogens with two attached hydrogens (primary N) is 1. The summed E-state index contributed by atoms with van der Waals surface area (Å²) in [6, 6.07) is 0.296. The van der Waals surface area contributed by atoms with Gasteiger partial charge in [-0.05, 0) is 38.3 Å². The fourth-order valence-corrected chi connectivity index (χ4v) is 2.31. The van der Waals surface area contributed by atoms with Crippen molar-refractivity contribution in [2.45, 2.75) is 52.5 Å². The maximum absolute atomic E-state index is 11.2. The number of hydrazine groups is 1. The zero-order chi connectivity index (χ0) is 12.2. The summed E-state index contributed by atoms with van der Waals surface area (Å²) in [5.74, 6) is 5.02. The highest BCUT2D eigenvalue weighted by atomic mass is 16.2. The molecule has 94 valence electrons. The van der Waals surface area contributed by atoms with Crippen LogP contribution in [0.3, 0.4) is 0 Å². The molecule has 4 heteroatoms. The van der Waals surface area contributed by atoms with Gasteiger partial charge in [0, 0.05) is 12.5 Å². The van der Waals surface area contributed by atoms with Crippen molar-refractivity contribution in [2.75, 3.05) is 13.1 Å². The van der Waals surface area contributed by atoms with Crippen LogP contribution in [-0.2, 0) is 4.79 Å². The van der Waals surface area contributed by atoms with Crippen molar-refractivity contribution >= 4 is 5.91 Å². The van der Waals surface area contributed by atoms with Crippen LogP contribution in [0.1, 0.15) is 46.5 Å². The summed E-state index contributed by atoms with van der Waals surface area (Å²) in [6.45, 7) is 8.93. The van der Waals surface area contributed by atoms with Gasteiger partial charge < -0.3 is 4.90 Å². The van der Waals surface area contributed by atoms with Crippen LogP contribution in [0, 0.1) is 5.41 Å². The van der Waals surface area contributed by atoms with Crippen LogP contribution >= 0.6 is 0 Å². The summed E-state index contributed by atoms with van der Waals surface area (Å²) < 4.78 is 0. The predicted octanol–water partition coefficient (Wildman–Crippen LogP) is 1.27. The summed E-state index contributed by atoms with van der Waals surface area (Å²) in [6.07, 6.45) is 4.22. The Bertz CT molecular complexity index is 234. The molecule has 0 saturated carbocycles. The number of nitrogens with one attached hydrogen (secondary N) is 1. The van der Waals surface area contributed by atoms with Gasteiger partial charge in [-0.1, -0.05) is 20.3 Å². The van der Waals surface area contributed by atoms with Gasteiger partial charge in [-0.3, -0.25) is 10.2 Å². The van der Waals surface area contributed by atoms with Crippen molar-refractivity contribution in [3.8, 4) is 0 Å². The van der Waals surface area contributed by atoms with Gasteiger partial charge >= 0.3 is 0 Å². The standard InChI is InChI=1S/C12H25N3O/c1-4-12(3)5-7-15(8-6-12)10(2)9-11(16)14-13/h10H,4-9,13H2,1-3H3,(H,14,16). The Kier molecular flexibility index (Phi) is 4.74. The second kappa shape index (κ2) is 5.64. The first-order valence-electron chi connectivity index (χ1n) is 6.24. The zero-order valence-electron chi connectivity index (χ0n) is 10.8. The van der Waals surface area contributed by atoms with E-state index in [0.29, 0.717) is 17.9 Å². The molecular weight excluding hydrogens is 202 g/mol. The topological polar surface area (TPSA) is 58.4 Å². The summed E-state index contributed by atoms with van der Waals surface area (Å²) in [7, 11) is 0. The molecule has 1 amide bonds. The second-order valence-electron chi connectivity index (χ2n) is 5.32. The van der Waals surface area contributed by atoms with Crippen LogP contribution < -0.4 is 11.3 Å². The van der Waals surface area contributed by atoms with Gasteiger partial charge in [0.1, 0.15) is 0 Å². The maximum Gasteiger partial charge on any atom is 0.235 e. The number of carbonyl (C=O) groups excluding carboxylic acids is 1. The van der Waals surface area contributed by atoms with Crippen molar-refractivity contribution in [1.29, 1.82) is 0 Å². The van der Waals surface area contributed by atoms with Crippen LogP contribution in [0.4, 0.5) is 0 Å². The molecule has 4 nitrogen and oxygen atoms in total. The minimum Gasteiger partial charge on any atom is -0.300 e. The average molecular weight is 227 g/mol. The lowest BCUT2D eigenvalue weighted by Gasteiger charge is -2.41. The molecule has 1 heterocycles. The number of piperidine rings is 1. The fourth-order valence-electron chi connectivity index (χ4n) is 2.31. The largest absolute Gasteiger partial charge is 0.300 e. The molecule has 1 saturated heterocycles. The lowest BCUT2D eigenvalue weighted by Crippen LogP contribution is -2.45. The molecule has 1 atom stereocenters. The van der Waals surface area contributed by atoms with Crippen molar-refractivity contribution < 1.29 is 4.79 Å². The van der Waals surface area contributed by atoms with Crippen molar-refractivity contribution in [2.24, 2.45) is 11.3 Å². The van der Waals surface area contributed by atoms with E-state index in [1.807, 2.05) is 0 Å². The quantitative estimate of drug-likeness (QED) is 0.432. The van der Waals surface area contributed by atoms with Crippen molar-refractivity contribution in [1.82, 2.24) is 10.3 Å². The Hall–Kier alpha value is -0.610. The Morgan fingerprint density at radius 1 is 1.50 bits per heavy atom. The lowest BCUT2D eigenvalue weighted by atomic mass is 9.78. The van der Waals surface area contributed by atoms with Crippen LogP contribution in [0.25, 0.3) is 0 Å². The number of carbonyl (C=O) groups is 1. The first-order valence-corrected chi connectivity index (χ1v) is 6.24. The van der Waals surface area contributed by atoms with Crippen molar-refractivity contribution in [3.05, 3.63) is 0 Å².